The molecule has 13 heteroatoms. The van der Waals surface area contributed by atoms with Crippen molar-refractivity contribution in [2.24, 2.45) is 21.1 Å². The SMILES string of the molecule is Cn1c(SCC(=O)c2c(N)n(C)c(=O)n(C)c2=O)nnc1C1CCS(=O)(=O)C1. The number of carbonyl (C=O) groups excluding carboxylic acids is 1. The standard InChI is InChI=1S/C15H20N6O5S2/c1-19-11(16)10(13(23)21(3)15(19)24)9(22)6-27-14-18-17-12(20(14)2)8-4-5-28(25,26)7-8/h8H,4-7,16H2,1-3H3. The van der Waals surface area contributed by atoms with E-state index in [0.29, 0.717) is 17.4 Å². The zero-order valence-corrected chi connectivity index (χ0v) is 17.2. The normalized spacial score (nSPS) is 18.5. The van der Waals surface area contributed by atoms with Gasteiger partial charge in [-0.1, -0.05) is 11.8 Å². The molecule has 1 atom stereocenters. The van der Waals surface area contributed by atoms with Crippen molar-refractivity contribution in [1.29, 1.82) is 0 Å². The molecule has 0 aliphatic carbocycles. The number of rotatable bonds is 5. The van der Waals surface area contributed by atoms with E-state index in [4.69, 9.17) is 5.73 Å². The van der Waals surface area contributed by atoms with Gasteiger partial charge in [0.1, 0.15) is 17.2 Å². The fraction of sp³-hybridized carbons (Fsp3) is 0.533. The molecule has 0 bridgehead atoms. The number of hydrogen-bond donors (Lipinski definition) is 1. The summed E-state index contributed by atoms with van der Waals surface area (Å²) in [7, 11) is 1.30. The number of nitrogens with zero attached hydrogens (tertiary/aromatic N) is 5. The molecule has 1 aliphatic rings. The van der Waals surface area contributed by atoms with Crippen LogP contribution in [0.3, 0.4) is 0 Å². The number of nitrogen functional groups attached to an aromatic ring is 1. The predicted octanol–water partition coefficient (Wildman–Crippen LogP) is -1.33. The van der Waals surface area contributed by atoms with Crippen LogP contribution in [0.2, 0.25) is 0 Å². The zero-order valence-electron chi connectivity index (χ0n) is 15.6. The van der Waals surface area contributed by atoms with Crippen molar-refractivity contribution in [2.45, 2.75) is 17.5 Å². The number of sulfone groups is 1. The summed E-state index contributed by atoms with van der Waals surface area (Å²) in [5, 5.41) is 8.52. The molecule has 0 aromatic carbocycles. The van der Waals surface area contributed by atoms with Gasteiger partial charge in [0.05, 0.1) is 17.3 Å². The van der Waals surface area contributed by atoms with Gasteiger partial charge in [0, 0.05) is 27.1 Å². The maximum atomic E-state index is 12.6. The van der Waals surface area contributed by atoms with E-state index in [0.717, 1.165) is 20.9 Å². The second-order valence-electron chi connectivity index (χ2n) is 6.68. The first-order valence-corrected chi connectivity index (χ1v) is 11.2. The molecule has 0 spiro atoms. The molecule has 3 rings (SSSR count). The number of anilines is 1. The number of Topliss-reactive ketones (excluding diaryl/α,β-unsaturated/α-hetero) is 1. The van der Waals surface area contributed by atoms with Gasteiger partial charge in [-0.3, -0.25) is 18.7 Å². The van der Waals surface area contributed by atoms with Crippen LogP contribution in [0.25, 0.3) is 0 Å². The predicted molar refractivity (Wildman–Crippen MR) is 103 cm³/mol. The lowest BCUT2D eigenvalue weighted by molar-refractivity contribution is 0.102. The smallest absolute Gasteiger partial charge is 0.332 e. The van der Waals surface area contributed by atoms with Crippen LogP contribution in [-0.2, 0) is 31.0 Å². The topological polar surface area (TPSA) is 152 Å². The van der Waals surface area contributed by atoms with E-state index in [1.807, 2.05) is 0 Å². The van der Waals surface area contributed by atoms with Crippen molar-refractivity contribution < 1.29 is 13.2 Å². The van der Waals surface area contributed by atoms with Crippen molar-refractivity contribution >= 4 is 33.2 Å². The molecule has 152 valence electrons. The van der Waals surface area contributed by atoms with Gasteiger partial charge in [0.15, 0.2) is 20.8 Å². The Hall–Kier alpha value is -2.41. The van der Waals surface area contributed by atoms with Crippen LogP contribution in [0, 0.1) is 0 Å². The maximum absolute atomic E-state index is 12.6. The number of ketones is 1. The molecule has 1 aliphatic heterocycles. The van der Waals surface area contributed by atoms with Crippen LogP contribution in [0.15, 0.2) is 14.7 Å². The molecule has 2 aromatic rings. The Bertz CT molecular complexity index is 1180. The first-order chi connectivity index (χ1) is 13.0. The Morgan fingerprint density at radius 2 is 1.86 bits per heavy atom. The van der Waals surface area contributed by atoms with E-state index < -0.39 is 26.9 Å². The lowest BCUT2D eigenvalue weighted by atomic mass is 10.1. The first kappa shape index (κ1) is 20.3. The molecule has 2 aromatic heterocycles. The minimum absolute atomic E-state index is 0.0349. The Morgan fingerprint density at radius 3 is 2.46 bits per heavy atom. The van der Waals surface area contributed by atoms with Crippen LogP contribution < -0.4 is 17.0 Å². The minimum atomic E-state index is -3.05. The number of carbonyl (C=O) groups is 1. The molecule has 0 radical (unpaired) electrons. The molecule has 1 saturated heterocycles. The molecular formula is C15H20N6O5S2. The van der Waals surface area contributed by atoms with Crippen molar-refractivity contribution in [3.8, 4) is 0 Å². The molecular weight excluding hydrogens is 408 g/mol. The van der Waals surface area contributed by atoms with Crippen LogP contribution in [0.1, 0.15) is 28.5 Å². The number of hydrogen-bond acceptors (Lipinski definition) is 9. The van der Waals surface area contributed by atoms with Crippen molar-refractivity contribution in [3.63, 3.8) is 0 Å². The van der Waals surface area contributed by atoms with Gasteiger partial charge in [0.2, 0.25) is 0 Å². The summed E-state index contributed by atoms with van der Waals surface area (Å²) in [6.07, 6.45) is 0.489. The lowest BCUT2D eigenvalue weighted by Crippen LogP contribution is -2.41. The highest BCUT2D eigenvalue weighted by Crippen LogP contribution is 2.29. The summed E-state index contributed by atoms with van der Waals surface area (Å²) in [5.41, 5.74) is 4.18. The van der Waals surface area contributed by atoms with Crippen LogP contribution >= 0.6 is 11.8 Å². The summed E-state index contributed by atoms with van der Waals surface area (Å²) in [6, 6.07) is 0. The van der Waals surface area contributed by atoms with Crippen molar-refractivity contribution in [3.05, 3.63) is 32.2 Å². The van der Waals surface area contributed by atoms with E-state index in [1.54, 1.807) is 11.6 Å². The number of thioether (sulfide) groups is 1. The summed E-state index contributed by atoms with van der Waals surface area (Å²) < 4.78 is 26.9. The molecule has 3 heterocycles. The molecule has 2 N–H and O–H groups in total. The molecule has 11 nitrogen and oxygen atoms in total. The van der Waals surface area contributed by atoms with E-state index in [-0.39, 0.29) is 34.6 Å². The molecule has 28 heavy (non-hydrogen) atoms. The maximum Gasteiger partial charge on any atom is 0.332 e. The summed E-state index contributed by atoms with van der Waals surface area (Å²) in [4.78, 5) is 36.7. The zero-order chi connectivity index (χ0) is 20.8. The van der Waals surface area contributed by atoms with Crippen molar-refractivity contribution in [2.75, 3.05) is 23.0 Å². The Balaban J connectivity index is 1.80. The van der Waals surface area contributed by atoms with Gasteiger partial charge in [-0.05, 0) is 6.42 Å². The van der Waals surface area contributed by atoms with Crippen LogP contribution in [-0.4, -0.2) is 55.4 Å². The second-order valence-corrected chi connectivity index (χ2v) is 9.85. The van der Waals surface area contributed by atoms with E-state index >= 15 is 0 Å². The number of nitrogens with two attached hydrogens (primary N) is 1. The molecule has 0 saturated carbocycles. The van der Waals surface area contributed by atoms with Crippen molar-refractivity contribution in [1.82, 2.24) is 23.9 Å². The van der Waals surface area contributed by atoms with E-state index in [9.17, 15) is 22.8 Å². The molecule has 1 unspecified atom stereocenters. The highest BCUT2D eigenvalue weighted by atomic mass is 32.2. The van der Waals surface area contributed by atoms with E-state index in [1.165, 1.54) is 14.1 Å². The summed E-state index contributed by atoms with van der Waals surface area (Å²) in [5.74, 6) is -0.367. The lowest BCUT2D eigenvalue weighted by Gasteiger charge is -2.11. The average molecular weight is 428 g/mol. The Kier molecular flexibility index (Phi) is 5.23. The Labute approximate surface area is 164 Å². The van der Waals surface area contributed by atoms with Gasteiger partial charge in [-0.15, -0.1) is 10.2 Å². The largest absolute Gasteiger partial charge is 0.384 e. The monoisotopic (exact) mass is 428 g/mol. The van der Waals surface area contributed by atoms with Gasteiger partial charge in [0.25, 0.3) is 5.56 Å². The minimum Gasteiger partial charge on any atom is -0.384 e. The van der Waals surface area contributed by atoms with Crippen LogP contribution in [0.5, 0.6) is 0 Å². The highest BCUT2D eigenvalue weighted by molar-refractivity contribution is 7.99. The Morgan fingerprint density at radius 1 is 1.18 bits per heavy atom. The van der Waals surface area contributed by atoms with Gasteiger partial charge < -0.3 is 10.3 Å². The van der Waals surface area contributed by atoms with Gasteiger partial charge >= 0.3 is 5.69 Å². The molecule has 1 fully saturated rings. The fourth-order valence-electron chi connectivity index (χ4n) is 3.13. The first-order valence-electron chi connectivity index (χ1n) is 8.34. The van der Waals surface area contributed by atoms with Gasteiger partial charge in [-0.2, -0.15) is 0 Å². The third-order valence-electron chi connectivity index (χ3n) is 4.79. The third kappa shape index (κ3) is 3.51. The highest BCUT2D eigenvalue weighted by Gasteiger charge is 2.32. The quantitative estimate of drug-likeness (QED) is 0.451. The second kappa shape index (κ2) is 7.20. The number of aromatic nitrogens is 5. The van der Waals surface area contributed by atoms with Gasteiger partial charge in [-0.25, -0.2) is 13.2 Å². The van der Waals surface area contributed by atoms with Crippen LogP contribution in [0.4, 0.5) is 5.82 Å². The average Bonchev–Trinajstić information content (AvgIpc) is 3.18. The van der Waals surface area contributed by atoms with E-state index in [2.05, 4.69) is 10.2 Å². The summed E-state index contributed by atoms with van der Waals surface area (Å²) >= 11 is 1.06. The summed E-state index contributed by atoms with van der Waals surface area (Å²) in [6.45, 7) is 0. The molecule has 0 amide bonds. The fourth-order valence-corrected chi connectivity index (χ4v) is 5.66. The third-order valence-corrected chi connectivity index (χ3v) is 7.58.